The van der Waals surface area contributed by atoms with Crippen LogP contribution in [0.1, 0.15) is 24.3 Å². The fourth-order valence-electron chi connectivity index (χ4n) is 2.82. The summed E-state index contributed by atoms with van der Waals surface area (Å²) in [4.78, 5) is 12.2. The van der Waals surface area contributed by atoms with Gasteiger partial charge in [-0.25, -0.2) is 0 Å². The van der Waals surface area contributed by atoms with Crippen molar-refractivity contribution < 1.29 is 14.6 Å². The third-order valence-corrected chi connectivity index (χ3v) is 3.92. The topological polar surface area (TPSA) is 46.5 Å². The number of hydrogen-bond acceptors (Lipinski definition) is 3. The number of methoxy groups -OCH3 is 1. The van der Waals surface area contributed by atoms with E-state index in [1.54, 1.807) is 6.08 Å². The minimum Gasteiger partial charge on any atom is -0.390 e. The van der Waals surface area contributed by atoms with Crippen LogP contribution in [0.15, 0.2) is 43.0 Å². The maximum absolute atomic E-state index is 12.2. The number of allylic oxidation sites excluding steroid dienone is 1. The third-order valence-electron chi connectivity index (χ3n) is 3.92. The van der Waals surface area contributed by atoms with Crippen molar-refractivity contribution in [1.82, 2.24) is 0 Å². The van der Waals surface area contributed by atoms with Crippen LogP contribution in [0.4, 0.5) is 0 Å². The van der Waals surface area contributed by atoms with Crippen LogP contribution in [-0.2, 0) is 9.53 Å². The van der Waals surface area contributed by atoms with Crippen LogP contribution in [-0.4, -0.2) is 30.2 Å². The largest absolute Gasteiger partial charge is 0.390 e. The summed E-state index contributed by atoms with van der Waals surface area (Å²) in [7, 11) is 1.53. The first-order valence-electron chi connectivity index (χ1n) is 6.58. The average Bonchev–Trinajstić information content (AvgIpc) is 2.44. The normalized spacial score (nSPS) is 28.9. The van der Waals surface area contributed by atoms with E-state index in [1.165, 1.54) is 7.11 Å². The molecule has 1 aromatic rings. The second-order valence-corrected chi connectivity index (χ2v) is 5.03. The van der Waals surface area contributed by atoms with Crippen LogP contribution in [0.5, 0.6) is 0 Å². The predicted molar refractivity (Wildman–Crippen MR) is 73.9 cm³/mol. The van der Waals surface area contributed by atoms with Crippen LogP contribution in [0, 0.1) is 5.92 Å². The summed E-state index contributed by atoms with van der Waals surface area (Å²) in [6, 6.07) is 9.84. The van der Waals surface area contributed by atoms with Crippen molar-refractivity contribution in [2.45, 2.75) is 31.0 Å². The van der Waals surface area contributed by atoms with E-state index >= 15 is 0 Å². The highest BCUT2D eigenvalue weighted by Gasteiger charge is 2.38. The molecule has 0 aliphatic heterocycles. The highest BCUT2D eigenvalue weighted by Crippen LogP contribution is 2.35. The van der Waals surface area contributed by atoms with Gasteiger partial charge in [-0.3, -0.25) is 4.79 Å². The molecular weight excluding hydrogens is 240 g/mol. The number of hydrogen-bond donors (Lipinski definition) is 1. The monoisotopic (exact) mass is 260 g/mol. The van der Waals surface area contributed by atoms with Crippen molar-refractivity contribution in [3.8, 4) is 0 Å². The van der Waals surface area contributed by atoms with Crippen LogP contribution >= 0.6 is 0 Å². The average molecular weight is 260 g/mol. The molecule has 0 bridgehead atoms. The SMILES string of the molecule is C=CC(c1ccccc1)[C@@H]1C[C@@H](O)[C@@H](OC)CC1=O. The zero-order chi connectivity index (χ0) is 13.8. The van der Waals surface area contributed by atoms with Crippen molar-refractivity contribution in [3.63, 3.8) is 0 Å². The number of aliphatic hydroxyl groups is 1. The Balaban J connectivity index is 2.20. The fourth-order valence-corrected chi connectivity index (χ4v) is 2.82. The van der Waals surface area contributed by atoms with E-state index in [-0.39, 0.29) is 30.1 Å². The zero-order valence-corrected chi connectivity index (χ0v) is 11.2. The Labute approximate surface area is 113 Å². The Morgan fingerprint density at radius 3 is 2.68 bits per heavy atom. The van der Waals surface area contributed by atoms with E-state index in [9.17, 15) is 9.90 Å². The number of carbonyl (C=O) groups excluding carboxylic acids is 1. The Morgan fingerprint density at radius 1 is 1.42 bits per heavy atom. The highest BCUT2D eigenvalue weighted by atomic mass is 16.5. The number of ketones is 1. The number of rotatable bonds is 4. The number of carbonyl (C=O) groups is 1. The van der Waals surface area contributed by atoms with Gasteiger partial charge in [-0.1, -0.05) is 36.4 Å². The molecule has 0 amide bonds. The fraction of sp³-hybridized carbons (Fsp3) is 0.438. The second kappa shape index (κ2) is 6.13. The van der Waals surface area contributed by atoms with Gasteiger partial charge in [-0.05, 0) is 12.0 Å². The number of Topliss-reactive ketones (excluding diaryl/α,β-unsaturated/α-hetero) is 1. The van der Waals surface area contributed by atoms with E-state index in [1.807, 2.05) is 30.3 Å². The number of aliphatic hydroxyl groups excluding tert-OH is 1. The quantitative estimate of drug-likeness (QED) is 0.845. The van der Waals surface area contributed by atoms with Crippen molar-refractivity contribution in [1.29, 1.82) is 0 Å². The van der Waals surface area contributed by atoms with Gasteiger partial charge < -0.3 is 9.84 Å². The van der Waals surface area contributed by atoms with Crippen LogP contribution in [0.3, 0.4) is 0 Å². The van der Waals surface area contributed by atoms with E-state index in [0.717, 1.165) is 5.56 Å². The van der Waals surface area contributed by atoms with Gasteiger partial charge in [0.05, 0.1) is 12.2 Å². The first kappa shape index (κ1) is 14.0. The van der Waals surface area contributed by atoms with Crippen molar-refractivity contribution in [2.24, 2.45) is 5.92 Å². The summed E-state index contributed by atoms with van der Waals surface area (Å²) in [6.45, 7) is 3.85. The first-order chi connectivity index (χ1) is 9.17. The lowest BCUT2D eigenvalue weighted by Gasteiger charge is -2.34. The van der Waals surface area contributed by atoms with Crippen molar-refractivity contribution in [2.75, 3.05) is 7.11 Å². The molecule has 0 spiro atoms. The molecule has 102 valence electrons. The molecule has 4 atom stereocenters. The Bertz CT molecular complexity index is 441. The van der Waals surface area contributed by atoms with Gasteiger partial charge in [-0.15, -0.1) is 6.58 Å². The molecule has 1 unspecified atom stereocenters. The van der Waals surface area contributed by atoms with E-state index < -0.39 is 6.10 Å². The standard InChI is InChI=1S/C16H20O3/c1-3-12(11-7-5-4-6-8-11)13-9-15(18)16(19-2)10-14(13)17/h3-8,12-13,15-16,18H,1,9-10H2,2H3/t12?,13-,15+,16-/m0/s1. The highest BCUT2D eigenvalue weighted by molar-refractivity contribution is 5.83. The summed E-state index contributed by atoms with van der Waals surface area (Å²) >= 11 is 0. The lowest BCUT2D eigenvalue weighted by Crippen LogP contribution is -2.42. The molecule has 1 aliphatic rings. The van der Waals surface area contributed by atoms with Gasteiger partial charge in [0.2, 0.25) is 0 Å². The van der Waals surface area contributed by atoms with E-state index in [2.05, 4.69) is 6.58 Å². The molecule has 0 aromatic heterocycles. The smallest absolute Gasteiger partial charge is 0.139 e. The first-order valence-corrected chi connectivity index (χ1v) is 6.58. The van der Waals surface area contributed by atoms with Gasteiger partial charge in [0, 0.05) is 25.4 Å². The molecule has 3 heteroatoms. The third kappa shape index (κ3) is 2.94. The molecule has 3 nitrogen and oxygen atoms in total. The second-order valence-electron chi connectivity index (χ2n) is 5.03. The summed E-state index contributed by atoms with van der Waals surface area (Å²) in [5, 5.41) is 10.0. The van der Waals surface area contributed by atoms with Crippen LogP contribution in [0.2, 0.25) is 0 Å². The molecule has 0 heterocycles. The molecule has 19 heavy (non-hydrogen) atoms. The van der Waals surface area contributed by atoms with Crippen LogP contribution < -0.4 is 0 Å². The number of ether oxygens (including phenoxy) is 1. The number of benzene rings is 1. The summed E-state index contributed by atoms with van der Waals surface area (Å²) in [5.41, 5.74) is 1.07. The Morgan fingerprint density at radius 2 is 2.11 bits per heavy atom. The minimum absolute atomic E-state index is 0.0406. The minimum atomic E-state index is -0.584. The summed E-state index contributed by atoms with van der Waals surface area (Å²) in [6.07, 6.45) is 1.56. The Hall–Kier alpha value is -1.45. The summed E-state index contributed by atoms with van der Waals surface area (Å²) in [5.74, 6) is -0.103. The molecule has 1 aliphatic carbocycles. The molecule has 0 saturated heterocycles. The van der Waals surface area contributed by atoms with Gasteiger partial charge in [-0.2, -0.15) is 0 Å². The van der Waals surface area contributed by atoms with Gasteiger partial charge in [0.25, 0.3) is 0 Å². The van der Waals surface area contributed by atoms with Crippen LogP contribution in [0.25, 0.3) is 0 Å². The van der Waals surface area contributed by atoms with E-state index in [4.69, 9.17) is 4.74 Å². The molecule has 1 aromatic carbocycles. The molecule has 0 radical (unpaired) electrons. The lowest BCUT2D eigenvalue weighted by molar-refractivity contribution is -0.136. The molecule has 2 rings (SSSR count). The predicted octanol–water partition coefficient (Wildman–Crippen LogP) is 2.31. The zero-order valence-electron chi connectivity index (χ0n) is 11.2. The maximum Gasteiger partial charge on any atom is 0.139 e. The molecular formula is C16H20O3. The Kier molecular flexibility index (Phi) is 4.51. The summed E-state index contributed by atoms with van der Waals surface area (Å²) < 4.78 is 5.14. The maximum atomic E-state index is 12.2. The van der Waals surface area contributed by atoms with Gasteiger partial charge in [0.1, 0.15) is 5.78 Å². The lowest BCUT2D eigenvalue weighted by atomic mass is 9.74. The van der Waals surface area contributed by atoms with Crippen molar-refractivity contribution >= 4 is 5.78 Å². The molecule has 1 saturated carbocycles. The van der Waals surface area contributed by atoms with E-state index in [0.29, 0.717) is 6.42 Å². The van der Waals surface area contributed by atoms with Crippen molar-refractivity contribution in [3.05, 3.63) is 48.6 Å². The molecule has 1 N–H and O–H groups in total. The van der Waals surface area contributed by atoms with Gasteiger partial charge >= 0.3 is 0 Å². The molecule has 1 fully saturated rings. The van der Waals surface area contributed by atoms with Gasteiger partial charge in [0.15, 0.2) is 0 Å².